The van der Waals surface area contributed by atoms with E-state index in [4.69, 9.17) is 10.4 Å². The summed E-state index contributed by atoms with van der Waals surface area (Å²) < 4.78 is 0. The van der Waals surface area contributed by atoms with Crippen molar-refractivity contribution in [3.8, 4) is 6.07 Å². The topological polar surface area (TPSA) is 61.1 Å². The third-order valence-electron chi connectivity index (χ3n) is 1.25. The van der Waals surface area contributed by atoms with Crippen LogP contribution in [0.3, 0.4) is 0 Å². The molecule has 0 amide bonds. The highest BCUT2D eigenvalue weighted by Crippen LogP contribution is 2.20. The van der Waals surface area contributed by atoms with Gasteiger partial charge < -0.3 is 5.11 Å². The SMILES string of the molecule is Cc1sc(C(=O)O)cc1C#N. The molecule has 0 saturated carbocycles. The van der Waals surface area contributed by atoms with Gasteiger partial charge in [0.2, 0.25) is 0 Å². The number of hydrogen-bond donors (Lipinski definition) is 1. The molecule has 0 aliphatic heterocycles. The molecule has 0 bridgehead atoms. The molecule has 1 N–H and O–H groups in total. The van der Waals surface area contributed by atoms with Crippen molar-refractivity contribution in [3.63, 3.8) is 0 Å². The highest BCUT2D eigenvalue weighted by molar-refractivity contribution is 7.14. The molecule has 0 aliphatic rings. The summed E-state index contributed by atoms with van der Waals surface area (Å²) in [5.41, 5.74) is 0.451. The lowest BCUT2D eigenvalue weighted by Gasteiger charge is -1.79. The van der Waals surface area contributed by atoms with Gasteiger partial charge >= 0.3 is 5.97 Å². The molecule has 0 fully saturated rings. The van der Waals surface area contributed by atoms with Crippen LogP contribution in [0, 0.1) is 18.3 Å². The molecule has 0 saturated heterocycles. The van der Waals surface area contributed by atoms with Crippen LogP contribution in [0.1, 0.15) is 20.1 Å². The zero-order chi connectivity index (χ0) is 8.43. The van der Waals surface area contributed by atoms with Crippen molar-refractivity contribution in [1.82, 2.24) is 0 Å². The molecule has 0 atom stereocenters. The Labute approximate surface area is 67.5 Å². The molecule has 56 valence electrons. The van der Waals surface area contributed by atoms with Gasteiger partial charge in [-0.05, 0) is 13.0 Å². The number of carboxylic acids is 1. The van der Waals surface area contributed by atoms with Gasteiger partial charge in [-0.15, -0.1) is 11.3 Å². The number of hydrogen-bond acceptors (Lipinski definition) is 3. The van der Waals surface area contributed by atoms with Crippen LogP contribution in [0.15, 0.2) is 6.07 Å². The lowest BCUT2D eigenvalue weighted by Crippen LogP contribution is -1.89. The van der Waals surface area contributed by atoms with E-state index in [-0.39, 0.29) is 4.88 Å². The van der Waals surface area contributed by atoms with Crippen molar-refractivity contribution in [2.45, 2.75) is 6.92 Å². The molecule has 1 rings (SSSR count). The first kappa shape index (κ1) is 7.76. The molecule has 0 unspecified atom stereocenters. The van der Waals surface area contributed by atoms with E-state index in [2.05, 4.69) is 0 Å². The predicted molar refractivity (Wildman–Crippen MR) is 40.7 cm³/mol. The van der Waals surface area contributed by atoms with Crippen LogP contribution in [-0.4, -0.2) is 11.1 Å². The zero-order valence-electron chi connectivity index (χ0n) is 5.79. The Bertz CT molecular complexity index is 335. The number of aromatic carboxylic acids is 1. The number of thiophene rings is 1. The fourth-order valence-corrected chi connectivity index (χ4v) is 1.51. The van der Waals surface area contributed by atoms with Gasteiger partial charge in [0, 0.05) is 4.88 Å². The first-order chi connectivity index (χ1) is 5.15. The van der Waals surface area contributed by atoms with Crippen molar-refractivity contribution < 1.29 is 9.90 Å². The second-order valence-electron chi connectivity index (χ2n) is 2.00. The summed E-state index contributed by atoms with van der Waals surface area (Å²) in [5.74, 6) is -0.973. The van der Waals surface area contributed by atoms with Crippen molar-refractivity contribution >= 4 is 17.3 Å². The van der Waals surface area contributed by atoms with Crippen LogP contribution < -0.4 is 0 Å². The zero-order valence-corrected chi connectivity index (χ0v) is 6.60. The van der Waals surface area contributed by atoms with E-state index in [1.54, 1.807) is 6.92 Å². The van der Waals surface area contributed by atoms with E-state index in [9.17, 15) is 4.79 Å². The quantitative estimate of drug-likeness (QED) is 0.691. The summed E-state index contributed by atoms with van der Waals surface area (Å²) in [7, 11) is 0. The maximum absolute atomic E-state index is 10.4. The predicted octanol–water partition coefficient (Wildman–Crippen LogP) is 1.63. The van der Waals surface area contributed by atoms with E-state index in [1.165, 1.54) is 6.07 Å². The number of nitriles is 1. The van der Waals surface area contributed by atoms with Crippen LogP contribution in [0.5, 0.6) is 0 Å². The summed E-state index contributed by atoms with van der Waals surface area (Å²) in [6, 6.07) is 3.31. The van der Waals surface area contributed by atoms with E-state index >= 15 is 0 Å². The summed E-state index contributed by atoms with van der Waals surface area (Å²) >= 11 is 1.12. The Morgan fingerprint density at radius 1 is 1.82 bits per heavy atom. The lowest BCUT2D eigenvalue weighted by atomic mass is 10.3. The van der Waals surface area contributed by atoms with Crippen molar-refractivity contribution in [3.05, 3.63) is 21.4 Å². The van der Waals surface area contributed by atoms with Gasteiger partial charge in [-0.1, -0.05) is 0 Å². The molecule has 4 heteroatoms. The molecule has 3 nitrogen and oxygen atoms in total. The van der Waals surface area contributed by atoms with Gasteiger partial charge in [0.25, 0.3) is 0 Å². The fourth-order valence-electron chi connectivity index (χ4n) is 0.698. The monoisotopic (exact) mass is 167 g/mol. The average molecular weight is 167 g/mol. The second kappa shape index (κ2) is 2.72. The first-order valence-electron chi connectivity index (χ1n) is 2.89. The number of carboxylic acid groups (broad SMARTS) is 1. The van der Waals surface area contributed by atoms with Crippen LogP contribution in [0.2, 0.25) is 0 Å². The van der Waals surface area contributed by atoms with Crippen LogP contribution in [0.25, 0.3) is 0 Å². The third-order valence-corrected chi connectivity index (χ3v) is 2.29. The van der Waals surface area contributed by atoms with Crippen LogP contribution >= 0.6 is 11.3 Å². The van der Waals surface area contributed by atoms with Gasteiger partial charge in [0.05, 0.1) is 5.56 Å². The minimum atomic E-state index is -0.973. The van der Waals surface area contributed by atoms with Crippen molar-refractivity contribution in [2.75, 3.05) is 0 Å². The Balaban J connectivity index is 3.18. The van der Waals surface area contributed by atoms with Crippen molar-refractivity contribution in [1.29, 1.82) is 5.26 Å². The Kier molecular flexibility index (Phi) is 1.92. The van der Waals surface area contributed by atoms with Crippen LogP contribution in [0.4, 0.5) is 0 Å². The average Bonchev–Trinajstić information content (AvgIpc) is 2.31. The van der Waals surface area contributed by atoms with Crippen molar-refractivity contribution in [2.24, 2.45) is 0 Å². The van der Waals surface area contributed by atoms with E-state index in [1.807, 2.05) is 6.07 Å². The number of nitrogens with zero attached hydrogens (tertiary/aromatic N) is 1. The highest BCUT2D eigenvalue weighted by Gasteiger charge is 2.09. The molecule has 1 heterocycles. The third kappa shape index (κ3) is 1.38. The molecule has 0 radical (unpaired) electrons. The normalized spacial score (nSPS) is 9.09. The van der Waals surface area contributed by atoms with Gasteiger partial charge in [0.15, 0.2) is 0 Å². The number of carbonyl (C=O) groups is 1. The Morgan fingerprint density at radius 2 is 2.45 bits per heavy atom. The molecule has 11 heavy (non-hydrogen) atoms. The molecule has 1 aromatic rings. The van der Waals surface area contributed by atoms with Gasteiger partial charge in [-0.2, -0.15) is 5.26 Å². The van der Waals surface area contributed by atoms with E-state index < -0.39 is 5.97 Å². The molecular weight excluding hydrogens is 162 g/mol. The van der Waals surface area contributed by atoms with Gasteiger partial charge in [-0.25, -0.2) is 4.79 Å². The standard InChI is InChI=1S/C7H5NO2S/c1-4-5(3-8)2-6(11-4)7(9)10/h2H,1H3,(H,9,10). The van der Waals surface area contributed by atoms with Crippen LogP contribution in [-0.2, 0) is 0 Å². The van der Waals surface area contributed by atoms with E-state index in [0.29, 0.717) is 5.56 Å². The summed E-state index contributed by atoms with van der Waals surface area (Å²) in [6.07, 6.45) is 0. The molecule has 1 aromatic heterocycles. The molecular formula is C7H5NO2S. The lowest BCUT2D eigenvalue weighted by molar-refractivity contribution is 0.0702. The first-order valence-corrected chi connectivity index (χ1v) is 3.70. The largest absolute Gasteiger partial charge is 0.477 e. The Hall–Kier alpha value is -1.34. The number of rotatable bonds is 1. The van der Waals surface area contributed by atoms with Gasteiger partial charge in [0.1, 0.15) is 10.9 Å². The maximum atomic E-state index is 10.4. The highest BCUT2D eigenvalue weighted by atomic mass is 32.1. The smallest absolute Gasteiger partial charge is 0.345 e. The summed E-state index contributed by atoms with van der Waals surface area (Å²) in [6.45, 7) is 1.73. The Morgan fingerprint density at radius 3 is 2.73 bits per heavy atom. The minimum absolute atomic E-state index is 0.221. The summed E-state index contributed by atoms with van der Waals surface area (Å²) in [4.78, 5) is 11.4. The second-order valence-corrected chi connectivity index (χ2v) is 3.25. The van der Waals surface area contributed by atoms with Gasteiger partial charge in [-0.3, -0.25) is 0 Å². The molecule has 0 aromatic carbocycles. The number of aryl methyl sites for hydroxylation is 1. The minimum Gasteiger partial charge on any atom is -0.477 e. The molecule has 0 spiro atoms. The maximum Gasteiger partial charge on any atom is 0.345 e. The fraction of sp³-hybridized carbons (Fsp3) is 0.143. The van der Waals surface area contributed by atoms with E-state index in [0.717, 1.165) is 16.2 Å². The summed E-state index contributed by atoms with van der Waals surface area (Å²) in [5, 5.41) is 17.0. The molecule has 0 aliphatic carbocycles.